The standard InChI is InChI=1S/C24H18N4O4/c1-14-5-2-3-6-17(14)31-12-20-26-23-22-21(18-7-4-10-30-18)16-9-8-15(29)11-19(16)32-24(22)25-13-28(23)27-20/h2-11,13,21,29H,12H2,1H3/t21-/m1/s1. The van der Waals surface area contributed by atoms with Gasteiger partial charge in [-0.1, -0.05) is 24.3 Å². The highest BCUT2D eigenvalue weighted by Gasteiger charge is 2.35. The predicted octanol–water partition coefficient (Wildman–Crippen LogP) is 4.60. The number of aromatic hydroxyl groups is 1. The Bertz CT molecular complexity index is 1440. The minimum Gasteiger partial charge on any atom is -0.508 e. The number of para-hydroxylation sites is 1. The lowest BCUT2D eigenvalue weighted by Gasteiger charge is -2.26. The van der Waals surface area contributed by atoms with Gasteiger partial charge in [-0.3, -0.25) is 0 Å². The first-order valence-electron chi connectivity index (χ1n) is 10.1. The molecule has 5 aromatic rings. The summed E-state index contributed by atoms with van der Waals surface area (Å²) < 4.78 is 19.3. The summed E-state index contributed by atoms with van der Waals surface area (Å²) in [5, 5.41) is 14.5. The molecule has 0 radical (unpaired) electrons. The van der Waals surface area contributed by atoms with E-state index in [4.69, 9.17) is 18.9 Å². The number of phenolic OH excluding ortho intramolecular Hbond substituents is 1. The van der Waals surface area contributed by atoms with Crippen molar-refractivity contribution in [3.8, 4) is 23.1 Å². The van der Waals surface area contributed by atoms with E-state index < -0.39 is 0 Å². The monoisotopic (exact) mass is 426 g/mol. The van der Waals surface area contributed by atoms with Crippen molar-refractivity contribution in [1.82, 2.24) is 19.6 Å². The van der Waals surface area contributed by atoms with E-state index in [1.165, 1.54) is 0 Å². The lowest BCUT2D eigenvalue weighted by Crippen LogP contribution is -2.14. The van der Waals surface area contributed by atoms with E-state index >= 15 is 0 Å². The molecular weight excluding hydrogens is 408 g/mol. The average Bonchev–Trinajstić information content (AvgIpc) is 3.46. The molecule has 8 nitrogen and oxygen atoms in total. The van der Waals surface area contributed by atoms with Gasteiger partial charge < -0.3 is 19.0 Å². The molecule has 3 aromatic heterocycles. The zero-order valence-corrected chi connectivity index (χ0v) is 17.1. The van der Waals surface area contributed by atoms with Crippen molar-refractivity contribution < 1.29 is 19.0 Å². The molecule has 8 heteroatoms. The quantitative estimate of drug-likeness (QED) is 0.440. The molecule has 2 aromatic carbocycles. The van der Waals surface area contributed by atoms with E-state index in [9.17, 15) is 5.11 Å². The maximum atomic E-state index is 9.94. The minimum atomic E-state index is -0.310. The number of nitrogens with zero attached hydrogens (tertiary/aromatic N) is 4. The maximum Gasteiger partial charge on any atom is 0.228 e. The van der Waals surface area contributed by atoms with Gasteiger partial charge in [0.15, 0.2) is 11.5 Å². The van der Waals surface area contributed by atoms with Crippen molar-refractivity contribution in [2.75, 3.05) is 0 Å². The molecule has 158 valence electrons. The van der Waals surface area contributed by atoms with Crippen LogP contribution in [0, 0.1) is 6.92 Å². The Kier molecular flexibility index (Phi) is 4.10. The molecular formula is C24H18N4O4. The van der Waals surface area contributed by atoms with Gasteiger partial charge in [-0.15, -0.1) is 5.10 Å². The Morgan fingerprint density at radius 3 is 2.88 bits per heavy atom. The molecule has 1 aliphatic rings. The third-order valence-corrected chi connectivity index (χ3v) is 5.51. The number of aryl methyl sites for hydroxylation is 1. The van der Waals surface area contributed by atoms with Crippen molar-refractivity contribution in [1.29, 1.82) is 0 Å². The van der Waals surface area contributed by atoms with Gasteiger partial charge >= 0.3 is 0 Å². The first-order chi connectivity index (χ1) is 15.7. The van der Waals surface area contributed by atoms with Gasteiger partial charge in [0.05, 0.1) is 17.7 Å². The van der Waals surface area contributed by atoms with E-state index in [1.807, 2.05) is 49.4 Å². The molecule has 0 aliphatic carbocycles. The molecule has 0 amide bonds. The zero-order valence-electron chi connectivity index (χ0n) is 17.1. The van der Waals surface area contributed by atoms with Gasteiger partial charge in [0.2, 0.25) is 5.88 Å². The molecule has 1 aliphatic heterocycles. The van der Waals surface area contributed by atoms with Crippen LogP contribution in [0.15, 0.2) is 71.6 Å². The third-order valence-electron chi connectivity index (χ3n) is 5.51. The molecule has 1 N–H and O–H groups in total. The highest BCUT2D eigenvalue weighted by Crippen LogP contribution is 2.48. The Labute approximate surface area is 182 Å². The van der Waals surface area contributed by atoms with Crippen molar-refractivity contribution in [2.45, 2.75) is 19.4 Å². The third kappa shape index (κ3) is 2.96. The summed E-state index contributed by atoms with van der Waals surface area (Å²) >= 11 is 0. The van der Waals surface area contributed by atoms with E-state index in [-0.39, 0.29) is 18.3 Å². The number of furan rings is 1. The van der Waals surface area contributed by atoms with E-state index in [0.717, 1.165) is 28.2 Å². The Balaban J connectivity index is 1.45. The molecule has 0 bridgehead atoms. The highest BCUT2D eigenvalue weighted by atomic mass is 16.5. The highest BCUT2D eigenvalue weighted by molar-refractivity contribution is 5.65. The Hall–Kier alpha value is -4.33. The van der Waals surface area contributed by atoms with Gasteiger partial charge in [0.1, 0.15) is 35.9 Å². The van der Waals surface area contributed by atoms with Crippen LogP contribution in [0.4, 0.5) is 0 Å². The van der Waals surface area contributed by atoms with Crippen molar-refractivity contribution in [3.05, 3.63) is 95.5 Å². The second-order valence-electron chi connectivity index (χ2n) is 7.59. The van der Waals surface area contributed by atoms with Crippen LogP contribution >= 0.6 is 0 Å². The summed E-state index contributed by atoms with van der Waals surface area (Å²) in [6.45, 7) is 2.21. The molecule has 0 saturated carbocycles. The number of ether oxygens (including phenoxy) is 2. The second kappa shape index (κ2) is 7.12. The van der Waals surface area contributed by atoms with Gasteiger partial charge in [-0.25, -0.2) is 14.5 Å². The molecule has 6 rings (SSSR count). The van der Waals surface area contributed by atoms with E-state index in [1.54, 1.807) is 29.2 Å². The number of aromatic nitrogens is 4. The SMILES string of the molecule is Cc1ccccc1OCc1nc2c3c(ncn2n1)Oc1cc(O)ccc1[C@@H]3c1ccco1. The molecule has 0 fully saturated rings. The molecule has 1 atom stereocenters. The number of hydrogen-bond donors (Lipinski definition) is 1. The van der Waals surface area contributed by atoms with Crippen LogP contribution in [-0.4, -0.2) is 24.7 Å². The van der Waals surface area contributed by atoms with Crippen molar-refractivity contribution in [3.63, 3.8) is 0 Å². The largest absolute Gasteiger partial charge is 0.508 e. The smallest absolute Gasteiger partial charge is 0.228 e. The Morgan fingerprint density at radius 2 is 2.03 bits per heavy atom. The number of fused-ring (bicyclic) bond motifs is 4. The van der Waals surface area contributed by atoms with Crippen LogP contribution < -0.4 is 9.47 Å². The van der Waals surface area contributed by atoms with Gasteiger partial charge in [0, 0.05) is 11.6 Å². The fraction of sp³-hybridized carbons (Fsp3) is 0.125. The summed E-state index contributed by atoms with van der Waals surface area (Å²) in [6.07, 6.45) is 3.19. The fourth-order valence-corrected chi connectivity index (χ4v) is 4.02. The predicted molar refractivity (Wildman–Crippen MR) is 114 cm³/mol. The van der Waals surface area contributed by atoms with Gasteiger partial charge in [-0.2, -0.15) is 0 Å². The summed E-state index contributed by atoms with van der Waals surface area (Å²) in [7, 11) is 0. The van der Waals surface area contributed by atoms with Gasteiger partial charge in [0.25, 0.3) is 0 Å². The number of phenols is 1. The molecule has 0 unspecified atom stereocenters. The van der Waals surface area contributed by atoms with Crippen LogP contribution in [0.5, 0.6) is 23.1 Å². The second-order valence-corrected chi connectivity index (χ2v) is 7.59. The number of hydrogen-bond acceptors (Lipinski definition) is 7. The summed E-state index contributed by atoms with van der Waals surface area (Å²) in [4.78, 5) is 9.19. The summed E-state index contributed by atoms with van der Waals surface area (Å²) in [6, 6.07) is 16.6. The average molecular weight is 426 g/mol. The van der Waals surface area contributed by atoms with Crippen LogP contribution in [0.3, 0.4) is 0 Å². The number of benzene rings is 2. The van der Waals surface area contributed by atoms with Crippen LogP contribution in [0.25, 0.3) is 5.65 Å². The fourth-order valence-electron chi connectivity index (χ4n) is 4.02. The van der Waals surface area contributed by atoms with Crippen LogP contribution in [0.1, 0.15) is 34.2 Å². The molecule has 0 saturated heterocycles. The number of rotatable bonds is 4. The molecule has 0 spiro atoms. The summed E-state index contributed by atoms with van der Waals surface area (Å²) in [5.41, 5.74) is 3.25. The zero-order chi connectivity index (χ0) is 21.7. The van der Waals surface area contributed by atoms with Crippen molar-refractivity contribution >= 4 is 5.65 Å². The first kappa shape index (κ1) is 18.4. The lowest BCUT2D eigenvalue weighted by atomic mass is 9.87. The molecule has 4 heterocycles. The molecule has 32 heavy (non-hydrogen) atoms. The van der Waals surface area contributed by atoms with Gasteiger partial charge in [-0.05, 0) is 36.8 Å². The maximum absolute atomic E-state index is 9.94. The van der Waals surface area contributed by atoms with Crippen LogP contribution in [0.2, 0.25) is 0 Å². The topological polar surface area (TPSA) is 94.9 Å². The Morgan fingerprint density at radius 1 is 1.12 bits per heavy atom. The first-order valence-corrected chi connectivity index (χ1v) is 10.1. The normalized spacial score (nSPS) is 14.6. The van der Waals surface area contributed by atoms with E-state index in [0.29, 0.717) is 23.1 Å². The van der Waals surface area contributed by atoms with Crippen molar-refractivity contribution in [2.24, 2.45) is 0 Å². The lowest BCUT2D eigenvalue weighted by molar-refractivity contribution is 0.294. The van der Waals surface area contributed by atoms with Crippen LogP contribution in [-0.2, 0) is 6.61 Å². The minimum absolute atomic E-state index is 0.115. The summed E-state index contributed by atoms with van der Waals surface area (Å²) in [5.74, 6) is 2.76. The van der Waals surface area contributed by atoms with E-state index in [2.05, 4.69) is 10.1 Å².